The highest BCUT2D eigenvalue weighted by Crippen LogP contribution is 2.10. The lowest BCUT2D eigenvalue weighted by atomic mass is 10.3. The van der Waals surface area contributed by atoms with E-state index >= 15 is 0 Å². The van der Waals surface area contributed by atoms with Crippen molar-refractivity contribution in [3.8, 4) is 17.6 Å². The molecule has 0 aromatic heterocycles. The predicted molar refractivity (Wildman–Crippen MR) is 76.7 cm³/mol. The molecule has 0 heterocycles. The van der Waals surface area contributed by atoms with Crippen LogP contribution in [0.5, 0.6) is 5.75 Å². The van der Waals surface area contributed by atoms with Crippen LogP contribution in [0.1, 0.15) is 26.2 Å². The molecule has 0 fully saturated rings. The molecule has 2 nitrogen and oxygen atoms in total. The van der Waals surface area contributed by atoms with E-state index in [0.717, 1.165) is 12.8 Å². The largest absolute Gasteiger partial charge is 0.426 e. The zero-order chi connectivity index (χ0) is 13.1. The summed E-state index contributed by atoms with van der Waals surface area (Å²) < 4.78 is 5.15. The van der Waals surface area contributed by atoms with Gasteiger partial charge in [0.2, 0.25) is 0 Å². The van der Waals surface area contributed by atoms with Gasteiger partial charge in [-0.3, -0.25) is 4.79 Å². The summed E-state index contributed by atoms with van der Waals surface area (Å²) >= 11 is 1.49. The molecule has 0 aliphatic rings. The van der Waals surface area contributed by atoms with Crippen molar-refractivity contribution in [3.63, 3.8) is 0 Å². The lowest BCUT2D eigenvalue weighted by Gasteiger charge is -2.02. The Morgan fingerprint density at radius 1 is 1.28 bits per heavy atom. The molecule has 0 N–H and O–H groups in total. The number of ether oxygens (including phenoxy) is 1. The molecule has 0 spiro atoms. The van der Waals surface area contributed by atoms with Crippen molar-refractivity contribution in [2.24, 2.45) is 0 Å². The molecule has 0 aliphatic heterocycles. The second-order valence-electron chi connectivity index (χ2n) is 3.74. The third kappa shape index (κ3) is 7.03. The van der Waals surface area contributed by atoms with Crippen LogP contribution in [-0.2, 0) is 4.79 Å². The summed E-state index contributed by atoms with van der Waals surface area (Å²) in [6.07, 6.45) is 3.27. The molecule has 0 saturated carbocycles. The van der Waals surface area contributed by atoms with Crippen LogP contribution < -0.4 is 4.74 Å². The fourth-order valence-corrected chi connectivity index (χ4v) is 1.77. The van der Waals surface area contributed by atoms with Crippen molar-refractivity contribution >= 4 is 17.7 Å². The number of carbonyl (C=O) groups excluding carboxylic acids is 1. The normalized spacial score (nSPS) is 9.39. The summed E-state index contributed by atoms with van der Waals surface area (Å²) in [6.45, 7) is 2.15. The highest BCUT2D eigenvalue weighted by Gasteiger charge is 2.03. The molecule has 0 bridgehead atoms. The Labute approximate surface area is 113 Å². The average Bonchev–Trinajstić information content (AvgIpc) is 2.39. The molecule has 1 aromatic rings. The third-order valence-electron chi connectivity index (χ3n) is 2.15. The lowest BCUT2D eigenvalue weighted by Crippen LogP contribution is -2.10. The smallest absolute Gasteiger partial charge is 0.321 e. The first kappa shape index (κ1) is 14.7. The highest BCUT2D eigenvalue weighted by molar-refractivity contribution is 8.00. The number of thioether (sulfide) groups is 1. The molecule has 1 aromatic carbocycles. The molecular weight excluding hydrogens is 244 g/mol. The third-order valence-corrected chi connectivity index (χ3v) is 2.94. The molecule has 0 amide bonds. The number of hydrogen-bond acceptors (Lipinski definition) is 3. The minimum absolute atomic E-state index is 0.221. The van der Waals surface area contributed by atoms with E-state index in [9.17, 15) is 4.79 Å². The number of esters is 1. The summed E-state index contributed by atoms with van der Waals surface area (Å²) in [5.74, 6) is 7.54. The minimum atomic E-state index is -0.221. The Morgan fingerprint density at radius 2 is 2.06 bits per heavy atom. The minimum Gasteiger partial charge on any atom is -0.426 e. The first-order valence-corrected chi connectivity index (χ1v) is 7.27. The first-order chi connectivity index (χ1) is 8.83. The van der Waals surface area contributed by atoms with Crippen molar-refractivity contribution in [2.75, 3.05) is 11.5 Å². The van der Waals surface area contributed by atoms with Crippen molar-refractivity contribution in [1.29, 1.82) is 0 Å². The monoisotopic (exact) mass is 262 g/mol. The van der Waals surface area contributed by atoms with Gasteiger partial charge in [0, 0.05) is 6.42 Å². The van der Waals surface area contributed by atoms with Crippen LogP contribution in [0.2, 0.25) is 0 Å². The van der Waals surface area contributed by atoms with Crippen LogP contribution in [0.3, 0.4) is 0 Å². The second-order valence-corrected chi connectivity index (χ2v) is 4.72. The number of hydrogen-bond donors (Lipinski definition) is 0. The maximum absolute atomic E-state index is 11.5. The SMILES string of the molecule is CCCCC#CCSCC(=O)Oc1ccccc1. The van der Waals surface area contributed by atoms with Crippen molar-refractivity contribution in [3.05, 3.63) is 30.3 Å². The van der Waals surface area contributed by atoms with E-state index in [4.69, 9.17) is 4.74 Å². The van der Waals surface area contributed by atoms with Gasteiger partial charge in [-0.25, -0.2) is 0 Å². The molecule has 0 aliphatic carbocycles. The van der Waals surface area contributed by atoms with Crippen LogP contribution in [0.4, 0.5) is 0 Å². The summed E-state index contributed by atoms with van der Waals surface area (Å²) in [6, 6.07) is 9.11. The van der Waals surface area contributed by atoms with E-state index in [1.165, 1.54) is 18.2 Å². The van der Waals surface area contributed by atoms with Gasteiger partial charge in [-0.1, -0.05) is 37.5 Å². The van der Waals surface area contributed by atoms with Crippen LogP contribution >= 0.6 is 11.8 Å². The molecule has 18 heavy (non-hydrogen) atoms. The molecule has 3 heteroatoms. The molecule has 0 unspecified atom stereocenters. The highest BCUT2D eigenvalue weighted by atomic mass is 32.2. The van der Waals surface area contributed by atoms with Crippen LogP contribution in [0.15, 0.2) is 30.3 Å². The second kappa shape index (κ2) is 9.61. The van der Waals surface area contributed by atoms with E-state index in [-0.39, 0.29) is 5.97 Å². The van der Waals surface area contributed by atoms with Crippen molar-refractivity contribution in [1.82, 2.24) is 0 Å². The average molecular weight is 262 g/mol. The molecule has 0 radical (unpaired) electrons. The van der Waals surface area contributed by atoms with E-state index in [2.05, 4.69) is 18.8 Å². The van der Waals surface area contributed by atoms with Crippen LogP contribution in [0, 0.1) is 11.8 Å². The first-order valence-electron chi connectivity index (χ1n) is 6.12. The number of rotatable bonds is 6. The van der Waals surface area contributed by atoms with Gasteiger partial charge in [-0.05, 0) is 18.6 Å². The summed E-state index contributed by atoms with van der Waals surface area (Å²) in [5, 5.41) is 0. The van der Waals surface area contributed by atoms with Crippen LogP contribution in [-0.4, -0.2) is 17.5 Å². The van der Waals surface area contributed by atoms with E-state index in [0.29, 0.717) is 17.3 Å². The van der Waals surface area contributed by atoms with E-state index in [1.54, 1.807) is 12.1 Å². The number of para-hydroxylation sites is 1. The van der Waals surface area contributed by atoms with Gasteiger partial charge in [-0.15, -0.1) is 17.7 Å². The topological polar surface area (TPSA) is 26.3 Å². The van der Waals surface area contributed by atoms with Gasteiger partial charge < -0.3 is 4.74 Å². The van der Waals surface area contributed by atoms with Gasteiger partial charge in [0.1, 0.15) is 5.75 Å². The Bertz CT molecular complexity index is 403. The van der Waals surface area contributed by atoms with Gasteiger partial charge >= 0.3 is 5.97 Å². The molecule has 0 atom stereocenters. The summed E-state index contributed by atoms with van der Waals surface area (Å²) in [5.41, 5.74) is 0. The summed E-state index contributed by atoms with van der Waals surface area (Å²) in [4.78, 5) is 11.5. The number of benzene rings is 1. The Balaban J connectivity index is 2.12. The van der Waals surface area contributed by atoms with Gasteiger partial charge in [-0.2, -0.15) is 0 Å². The Hall–Kier alpha value is -1.40. The molecular formula is C15H18O2S. The van der Waals surface area contributed by atoms with E-state index < -0.39 is 0 Å². The number of carbonyl (C=O) groups is 1. The molecule has 96 valence electrons. The number of unbranched alkanes of at least 4 members (excludes halogenated alkanes) is 2. The maximum Gasteiger partial charge on any atom is 0.321 e. The van der Waals surface area contributed by atoms with Crippen LogP contribution in [0.25, 0.3) is 0 Å². The van der Waals surface area contributed by atoms with Gasteiger partial charge in [0.25, 0.3) is 0 Å². The van der Waals surface area contributed by atoms with Gasteiger partial charge in [0.15, 0.2) is 0 Å². The zero-order valence-corrected chi connectivity index (χ0v) is 11.5. The molecule has 0 saturated heterocycles. The Morgan fingerprint density at radius 3 is 2.78 bits per heavy atom. The Kier molecular flexibility index (Phi) is 7.83. The standard InChI is InChI=1S/C15H18O2S/c1-2-3-4-5-9-12-18-13-15(16)17-14-10-7-6-8-11-14/h6-8,10-11H,2-4,12-13H2,1H3. The van der Waals surface area contributed by atoms with Crippen molar-refractivity contribution in [2.45, 2.75) is 26.2 Å². The zero-order valence-electron chi connectivity index (χ0n) is 10.6. The van der Waals surface area contributed by atoms with Gasteiger partial charge in [0.05, 0.1) is 11.5 Å². The quantitative estimate of drug-likeness (QED) is 0.339. The molecule has 1 rings (SSSR count). The fourth-order valence-electron chi connectivity index (χ4n) is 1.24. The predicted octanol–water partition coefficient (Wildman–Crippen LogP) is 3.52. The van der Waals surface area contributed by atoms with E-state index in [1.807, 2.05) is 18.2 Å². The van der Waals surface area contributed by atoms with Crippen molar-refractivity contribution < 1.29 is 9.53 Å². The maximum atomic E-state index is 11.5. The summed E-state index contributed by atoms with van der Waals surface area (Å²) in [7, 11) is 0. The fraction of sp³-hybridized carbons (Fsp3) is 0.400. The lowest BCUT2D eigenvalue weighted by molar-refractivity contribution is -0.131.